The molecule has 0 bridgehead atoms. The van der Waals surface area contributed by atoms with Crippen molar-refractivity contribution in [3.05, 3.63) is 78.3 Å². The van der Waals surface area contributed by atoms with Gasteiger partial charge in [-0.3, -0.25) is 9.97 Å². The third-order valence-electron chi connectivity index (χ3n) is 3.99. The van der Waals surface area contributed by atoms with Crippen LogP contribution in [0.5, 0.6) is 0 Å². The molecular weight excluding hydrogens is 344 g/mol. The first kappa shape index (κ1) is 16.9. The highest BCUT2D eigenvalue weighted by molar-refractivity contribution is 5.69. The smallest absolute Gasteiger partial charge is 0.170 e. The van der Waals surface area contributed by atoms with Gasteiger partial charge in [0.05, 0.1) is 29.8 Å². The number of hydrogen-bond donors (Lipinski definition) is 2. The quantitative estimate of drug-likeness (QED) is 0.686. The summed E-state index contributed by atoms with van der Waals surface area (Å²) >= 11 is 0. The van der Waals surface area contributed by atoms with Crippen LogP contribution in [-0.4, -0.2) is 26.3 Å². The minimum atomic E-state index is -0.209. The van der Waals surface area contributed by atoms with E-state index in [2.05, 4.69) is 25.4 Å². The van der Waals surface area contributed by atoms with Crippen LogP contribution < -0.4 is 11.1 Å². The predicted molar refractivity (Wildman–Crippen MR) is 98.8 cm³/mol. The summed E-state index contributed by atoms with van der Waals surface area (Å²) in [5, 5.41) is 7.32. The molecule has 8 heteroatoms. The molecular formula is C19H18N6O2. The van der Waals surface area contributed by atoms with Crippen molar-refractivity contribution in [2.45, 2.75) is 19.3 Å². The molecule has 1 aliphatic rings. The van der Waals surface area contributed by atoms with Crippen molar-refractivity contribution in [1.29, 1.82) is 0 Å². The summed E-state index contributed by atoms with van der Waals surface area (Å²) in [4.78, 5) is 12.3. The van der Waals surface area contributed by atoms with E-state index in [1.807, 2.05) is 36.6 Å². The van der Waals surface area contributed by atoms with Gasteiger partial charge in [0, 0.05) is 37.3 Å². The average Bonchev–Trinajstić information content (AvgIpc) is 3.17. The number of nitrogens with one attached hydrogen (secondary N) is 1. The van der Waals surface area contributed by atoms with E-state index in [0.29, 0.717) is 24.6 Å². The fourth-order valence-corrected chi connectivity index (χ4v) is 2.65. The molecule has 0 aromatic carbocycles. The van der Waals surface area contributed by atoms with Crippen molar-refractivity contribution < 1.29 is 9.26 Å². The molecule has 4 heterocycles. The SMILES string of the molecule is Nc1ncccc1-c1cc(CC2=CNC(OCc3cnccn3)C=C2)no1. The van der Waals surface area contributed by atoms with Crippen molar-refractivity contribution in [3.63, 3.8) is 0 Å². The summed E-state index contributed by atoms with van der Waals surface area (Å²) in [7, 11) is 0. The number of nitrogens with two attached hydrogens (primary N) is 1. The van der Waals surface area contributed by atoms with Crippen molar-refractivity contribution in [2.24, 2.45) is 0 Å². The number of aromatic nitrogens is 4. The molecule has 3 N–H and O–H groups in total. The Kier molecular flexibility index (Phi) is 4.88. The van der Waals surface area contributed by atoms with Crippen molar-refractivity contribution in [1.82, 2.24) is 25.4 Å². The van der Waals surface area contributed by atoms with Crippen LogP contribution in [-0.2, 0) is 17.8 Å². The minimum Gasteiger partial charge on any atom is -0.383 e. The Labute approximate surface area is 155 Å². The van der Waals surface area contributed by atoms with Gasteiger partial charge in [0.2, 0.25) is 0 Å². The van der Waals surface area contributed by atoms with Crippen LogP contribution in [0.15, 0.2) is 71.4 Å². The first-order valence-corrected chi connectivity index (χ1v) is 8.44. The summed E-state index contributed by atoms with van der Waals surface area (Å²) in [5.74, 6) is 1.02. The monoisotopic (exact) mass is 362 g/mol. The van der Waals surface area contributed by atoms with Gasteiger partial charge >= 0.3 is 0 Å². The van der Waals surface area contributed by atoms with Crippen LogP contribution in [0, 0.1) is 0 Å². The van der Waals surface area contributed by atoms with E-state index in [4.69, 9.17) is 15.0 Å². The standard InChI is InChI=1S/C19H18N6O2/c20-19-16(2-1-5-23-19)17-9-14(25-27-17)8-13-3-4-18(24-10-13)26-12-15-11-21-6-7-22-15/h1-7,9-11,18,24H,8,12H2,(H2,20,23). The number of dihydropyridines is 1. The second-order valence-corrected chi connectivity index (χ2v) is 5.97. The van der Waals surface area contributed by atoms with Crippen LogP contribution in [0.1, 0.15) is 11.4 Å². The van der Waals surface area contributed by atoms with Crippen molar-refractivity contribution in [2.75, 3.05) is 5.73 Å². The summed E-state index contributed by atoms with van der Waals surface area (Å²) in [5.41, 5.74) is 9.27. The van der Waals surface area contributed by atoms with Gasteiger partial charge in [-0.2, -0.15) is 0 Å². The number of nitrogen functional groups attached to an aromatic ring is 1. The van der Waals surface area contributed by atoms with Crippen molar-refractivity contribution in [3.8, 4) is 11.3 Å². The molecule has 0 aliphatic carbocycles. The summed E-state index contributed by atoms with van der Waals surface area (Å²) in [6.45, 7) is 0.387. The van der Waals surface area contributed by atoms with Gasteiger partial charge in [0.1, 0.15) is 12.0 Å². The van der Waals surface area contributed by atoms with Gasteiger partial charge in [-0.15, -0.1) is 0 Å². The Morgan fingerprint density at radius 2 is 2.15 bits per heavy atom. The lowest BCUT2D eigenvalue weighted by Crippen LogP contribution is -2.28. The van der Waals surface area contributed by atoms with E-state index in [0.717, 1.165) is 22.5 Å². The third kappa shape index (κ3) is 4.18. The molecule has 27 heavy (non-hydrogen) atoms. The van der Waals surface area contributed by atoms with E-state index in [-0.39, 0.29) is 6.23 Å². The van der Waals surface area contributed by atoms with Crippen LogP contribution in [0.2, 0.25) is 0 Å². The molecule has 0 saturated carbocycles. The number of anilines is 1. The lowest BCUT2D eigenvalue weighted by atomic mass is 10.1. The normalized spacial score (nSPS) is 16.0. The van der Waals surface area contributed by atoms with Gasteiger partial charge in [0.15, 0.2) is 5.76 Å². The molecule has 0 fully saturated rings. The van der Waals surface area contributed by atoms with E-state index >= 15 is 0 Å². The molecule has 1 unspecified atom stereocenters. The molecule has 3 aromatic rings. The first-order valence-electron chi connectivity index (χ1n) is 8.44. The van der Waals surface area contributed by atoms with Crippen LogP contribution in [0.25, 0.3) is 11.3 Å². The summed E-state index contributed by atoms with van der Waals surface area (Å²) in [6, 6.07) is 5.54. The molecule has 0 amide bonds. The Balaban J connectivity index is 1.33. The van der Waals surface area contributed by atoms with E-state index in [1.54, 1.807) is 24.8 Å². The highest BCUT2D eigenvalue weighted by Crippen LogP contribution is 2.25. The van der Waals surface area contributed by atoms with Crippen LogP contribution in [0.4, 0.5) is 5.82 Å². The highest BCUT2D eigenvalue weighted by atomic mass is 16.5. The predicted octanol–water partition coefficient (Wildman–Crippen LogP) is 2.24. The molecule has 0 spiro atoms. The number of ether oxygens (including phenoxy) is 1. The molecule has 8 nitrogen and oxygen atoms in total. The van der Waals surface area contributed by atoms with Gasteiger partial charge in [-0.1, -0.05) is 11.2 Å². The number of rotatable bonds is 6. The zero-order chi connectivity index (χ0) is 18.5. The molecule has 1 aliphatic heterocycles. The molecule has 1 atom stereocenters. The maximum Gasteiger partial charge on any atom is 0.170 e. The summed E-state index contributed by atoms with van der Waals surface area (Å²) in [6.07, 6.45) is 12.9. The van der Waals surface area contributed by atoms with Crippen LogP contribution in [0.3, 0.4) is 0 Å². The summed E-state index contributed by atoms with van der Waals surface area (Å²) < 4.78 is 11.1. The Morgan fingerprint density at radius 3 is 2.93 bits per heavy atom. The Hall–Kier alpha value is -3.52. The van der Waals surface area contributed by atoms with Gasteiger partial charge in [-0.05, 0) is 23.8 Å². The van der Waals surface area contributed by atoms with Crippen LogP contribution >= 0.6 is 0 Å². The number of pyridine rings is 1. The molecule has 136 valence electrons. The molecule has 4 rings (SSSR count). The maximum absolute atomic E-state index is 5.88. The zero-order valence-corrected chi connectivity index (χ0v) is 14.4. The number of allylic oxidation sites excluding steroid dienone is 2. The minimum absolute atomic E-state index is 0.209. The fraction of sp³-hybridized carbons (Fsp3) is 0.158. The third-order valence-corrected chi connectivity index (χ3v) is 3.99. The van der Waals surface area contributed by atoms with E-state index in [1.165, 1.54) is 0 Å². The Bertz CT molecular complexity index is 967. The van der Waals surface area contributed by atoms with Crippen molar-refractivity contribution >= 4 is 5.82 Å². The maximum atomic E-state index is 5.88. The molecule has 0 saturated heterocycles. The van der Waals surface area contributed by atoms with Gasteiger partial charge < -0.3 is 20.3 Å². The van der Waals surface area contributed by atoms with Gasteiger partial charge in [-0.25, -0.2) is 4.98 Å². The van der Waals surface area contributed by atoms with E-state index < -0.39 is 0 Å². The van der Waals surface area contributed by atoms with Gasteiger partial charge in [0.25, 0.3) is 0 Å². The lowest BCUT2D eigenvalue weighted by molar-refractivity contribution is 0.0556. The topological polar surface area (TPSA) is 112 Å². The zero-order valence-electron chi connectivity index (χ0n) is 14.4. The number of hydrogen-bond acceptors (Lipinski definition) is 8. The average molecular weight is 362 g/mol. The molecule has 3 aromatic heterocycles. The number of nitrogens with zero attached hydrogens (tertiary/aromatic N) is 4. The second-order valence-electron chi connectivity index (χ2n) is 5.97. The second kappa shape index (κ2) is 7.79. The highest BCUT2D eigenvalue weighted by Gasteiger charge is 2.13. The lowest BCUT2D eigenvalue weighted by Gasteiger charge is -2.18. The largest absolute Gasteiger partial charge is 0.383 e. The fourth-order valence-electron chi connectivity index (χ4n) is 2.65. The molecule has 0 radical (unpaired) electrons. The van der Waals surface area contributed by atoms with E-state index in [9.17, 15) is 0 Å². The Morgan fingerprint density at radius 1 is 1.19 bits per heavy atom. The first-order chi connectivity index (χ1) is 13.3.